The van der Waals surface area contributed by atoms with Gasteiger partial charge in [-0.15, -0.1) is 0 Å². The average Bonchev–Trinajstić information content (AvgIpc) is 2.06. The summed E-state index contributed by atoms with van der Waals surface area (Å²) < 4.78 is 5.27. The maximum absolute atomic E-state index is 7.56. The van der Waals surface area contributed by atoms with E-state index in [2.05, 4.69) is 6.92 Å². The van der Waals surface area contributed by atoms with E-state index >= 15 is 0 Å². The van der Waals surface area contributed by atoms with E-state index in [4.69, 9.17) is 15.9 Å². The highest BCUT2D eigenvalue weighted by Crippen LogP contribution is 2.34. The maximum Gasteiger partial charge on any atom is 0.0970 e. The van der Waals surface area contributed by atoms with Gasteiger partial charge in [0.25, 0.3) is 0 Å². The predicted octanol–water partition coefficient (Wildman–Crippen LogP) is 1.52. The van der Waals surface area contributed by atoms with Crippen molar-refractivity contribution in [3.05, 3.63) is 0 Å². The minimum Gasteiger partial charge on any atom is -0.387 e. The van der Waals surface area contributed by atoms with Crippen LogP contribution in [0.4, 0.5) is 0 Å². The largest absolute Gasteiger partial charge is 0.387 e. The molecule has 0 radical (unpaired) electrons. The molecule has 0 saturated carbocycles. The Balaban J connectivity index is 2.63. The molecule has 0 bridgehead atoms. The molecule has 0 atom stereocenters. The zero-order valence-corrected chi connectivity index (χ0v) is 7.73. The molecule has 3 heteroatoms. The first kappa shape index (κ1) is 9.52. The summed E-state index contributed by atoms with van der Waals surface area (Å²) in [6, 6.07) is 0. The topological polar surface area (TPSA) is 59.1 Å². The SMILES string of the molecule is CCCC1(C(=N)N)CCOCC1. The number of ether oxygens (including phenoxy) is 1. The molecular formula is C9H18N2O. The highest BCUT2D eigenvalue weighted by molar-refractivity contribution is 5.83. The number of amidine groups is 1. The summed E-state index contributed by atoms with van der Waals surface area (Å²) in [6.45, 7) is 3.67. The maximum atomic E-state index is 7.56. The lowest BCUT2D eigenvalue weighted by molar-refractivity contribution is 0.0410. The Hall–Kier alpha value is -0.570. The summed E-state index contributed by atoms with van der Waals surface area (Å²) in [6.07, 6.45) is 3.98. The molecule has 0 aromatic carbocycles. The molecule has 1 fully saturated rings. The molecule has 0 amide bonds. The molecule has 0 aromatic heterocycles. The van der Waals surface area contributed by atoms with Gasteiger partial charge in [0.05, 0.1) is 5.84 Å². The zero-order valence-electron chi connectivity index (χ0n) is 7.73. The summed E-state index contributed by atoms with van der Waals surface area (Å²) in [5, 5.41) is 7.56. The molecular weight excluding hydrogens is 152 g/mol. The van der Waals surface area contributed by atoms with E-state index in [1.165, 1.54) is 0 Å². The first-order chi connectivity index (χ1) is 5.71. The third kappa shape index (κ3) is 1.78. The average molecular weight is 170 g/mol. The number of rotatable bonds is 3. The first-order valence-corrected chi connectivity index (χ1v) is 4.63. The smallest absolute Gasteiger partial charge is 0.0970 e. The summed E-state index contributed by atoms with van der Waals surface area (Å²) in [5.74, 6) is 0.354. The third-order valence-electron chi connectivity index (χ3n) is 2.75. The molecule has 1 aliphatic heterocycles. The minimum absolute atomic E-state index is 0.0347. The second-order valence-corrected chi connectivity index (χ2v) is 3.56. The van der Waals surface area contributed by atoms with Gasteiger partial charge in [-0.05, 0) is 19.3 Å². The first-order valence-electron chi connectivity index (χ1n) is 4.63. The van der Waals surface area contributed by atoms with Crippen molar-refractivity contribution < 1.29 is 4.74 Å². The van der Waals surface area contributed by atoms with Crippen molar-refractivity contribution in [1.29, 1.82) is 5.41 Å². The van der Waals surface area contributed by atoms with Gasteiger partial charge < -0.3 is 10.5 Å². The van der Waals surface area contributed by atoms with Crippen LogP contribution < -0.4 is 5.73 Å². The standard InChI is InChI=1S/C9H18N2O/c1-2-3-9(8(10)11)4-6-12-7-5-9/h2-7H2,1H3,(H3,10,11). The van der Waals surface area contributed by atoms with Gasteiger partial charge >= 0.3 is 0 Å². The molecule has 0 unspecified atom stereocenters. The van der Waals surface area contributed by atoms with Crippen molar-refractivity contribution in [3.63, 3.8) is 0 Å². The van der Waals surface area contributed by atoms with E-state index in [0.29, 0.717) is 5.84 Å². The van der Waals surface area contributed by atoms with E-state index in [-0.39, 0.29) is 5.41 Å². The van der Waals surface area contributed by atoms with Crippen LogP contribution in [0.1, 0.15) is 32.6 Å². The van der Waals surface area contributed by atoms with E-state index < -0.39 is 0 Å². The van der Waals surface area contributed by atoms with E-state index in [0.717, 1.165) is 38.9 Å². The second-order valence-electron chi connectivity index (χ2n) is 3.56. The molecule has 1 rings (SSSR count). The molecule has 0 aliphatic carbocycles. The molecule has 12 heavy (non-hydrogen) atoms. The Morgan fingerprint density at radius 1 is 1.50 bits per heavy atom. The molecule has 1 heterocycles. The highest BCUT2D eigenvalue weighted by Gasteiger charge is 2.34. The van der Waals surface area contributed by atoms with Gasteiger partial charge in [0, 0.05) is 18.6 Å². The fourth-order valence-corrected chi connectivity index (χ4v) is 1.89. The summed E-state index contributed by atoms with van der Waals surface area (Å²) in [4.78, 5) is 0. The summed E-state index contributed by atoms with van der Waals surface area (Å²) in [5.41, 5.74) is 5.58. The van der Waals surface area contributed by atoms with E-state index in [9.17, 15) is 0 Å². The molecule has 0 aromatic rings. The molecule has 0 spiro atoms. The number of nitrogens with one attached hydrogen (secondary N) is 1. The monoisotopic (exact) mass is 170 g/mol. The van der Waals surface area contributed by atoms with Gasteiger partial charge in [0.2, 0.25) is 0 Å². The molecule has 1 saturated heterocycles. The Morgan fingerprint density at radius 2 is 2.08 bits per heavy atom. The lowest BCUT2D eigenvalue weighted by Crippen LogP contribution is -2.41. The van der Waals surface area contributed by atoms with Gasteiger partial charge in [0.15, 0.2) is 0 Å². The molecule has 3 N–H and O–H groups in total. The second kappa shape index (κ2) is 3.90. The van der Waals surface area contributed by atoms with Gasteiger partial charge in [-0.1, -0.05) is 13.3 Å². The highest BCUT2D eigenvalue weighted by atomic mass is 16.5. The predicted molar refractivity (Wildman–Crippen MR) is 49.3 cm³/mol. The van der Waals surface area contributed by atoms with Gasteiger partial charge in [-0.3, -0.25) is 5.41 Å². The van der Waals surface area contributed by atoms with Crippen LogP contribution in [0.25, 0.3) is 0 Å². The van der Waals surface area contributed by atoms with Crippen molar-refractivity contribution in [2.45, 2.75) is 32.6 Å². The van der Waals surface area contributed by atoms with Crippen LogP contribution in [-0.2, 0) is 4.74 Å². The van der Waals surface area contributed by atoms with Crippen LogP contribution in [0.3, 0.4) is 0 Å². The zero-order chi connectivity index (χ0) is 9.03. The Labute approximate surface area is 73.8 Å². The molecule has 3 nitrogen and oxygen atoms in total. The number of hydrogen-bond acceptors (Lipinski definition) is 2. The minimum atomic E-state index is -0.0347. The summed E-state index contributed by atoms with van der Waals surface area (Å²) in [7, 11) is 0. The van der Waals surface area contributed by atoms with Gasteiger partial charge in [-0.25, -0.2) is 0 Å². The van der Waals surface area contributed by atoms with E-state index in [1.54, 1.807) is 0 Å². The number of hydrogen-bond donors (Lipinski definition) is 2. The van der Waals surface area contributed by atoms with Gasteiger partial charge in [-0.2, -0.15) is 0 Å². The van der Waals surface area contributed by atoms with Crippen LogP contribution in [-0.4, -0.2) is 19.0 Å². The quantitative estimate of drug-likeness (QED) is 0.498. The van der Waals surface area contributed by atoms with Crippen molar-refractivity contribution in [1.82, 2.24) is 0 Å². The normalized spacial score (nSPS) is 22.1. The Bertz CT molecular complexity index is 156. The number of nitrogens with two attached hydrogens (primary N) is 1. The van der Waals surface area contributed by atoms with Crippen molar-refractivity contribution in [3.8, 4) is 0 Å². The third-order valence-corrected chi connectivity index (χ3v) is 2.75. The Morgan fingerprint density at radius 3 is 2.50 bits per heavy atom. The van der Waals surface area contributed by atoms with Crippen LogP contribution in [0.5, 0.6) is 0 Å². The van der Waals surface area contributed by atoms with Crippen molar-refractivity contribution in [2.75, 3.05) is 13.2 Å². The van der Waals surface area contributed by atoms with E-state index in [1.807, 2.05) is 0 Å². The summed E-state index contributed by atoms with van der Waals surface area (Å²) >= 11 is 0. The van der Waals surface area contributed by atoms with Crippen LogP contribution >= 0.6 is 0 Å². The lowest BCUT2D eigenvalue weighted by Gasteiger charge is -2.35. The van der Waals surface area contributed by atoms with Crippen LogP contribution in [0.2, 0.25) is 0 Å². The van der Waals surface area contributed by atoms with Crippen LogP contribution in [0, 0.1) is 10.8 Å². The van der Waals surface area contributed by atoms with Crippen molar-refractivity contribution >= 4 is 5.84 Å². The molecule has 70 valence electrons. The fourth-order valence-electron chi connectivity index (χ4n) is 1.89. The molecule has 1 aliphatic rings. The fraction of sp³-hybridized carbons (Fsp3) is 0.889. The van der Waals surface area contributed by atoms with Crippen LogP contribution in [0.15, 0.2) is 0 Å². The lowest BCUT2D eigenvalue weighted by atomic mass is 9.75. The Kier molecular flexibility index (Phi) is 3.09. The van der Waals surface area contributed by atoms with Crippen molar-refractivity contribution in [2.24, 2.45) is 11.1 Å². The van der Waals surface area contributed by atoms with Gasteiger partial charge in [0.1, 0.15) is 0 Å².